The maximum Gasteiger partial charge on any atom is 0.225 e. The van der Waals surface area contributed by atoms with E-state index in [0.717, 1.165) is 71.0 Å². The van der Waals surface area contributed by atoms with Gasteiger partial charge in [-0.05, 0) is 19.3 Å². The molecule has 0 atom stereocenters. The van der Waals surface area contributed by atoms with E-state index in [1.165, 1.54) is 19.3 Å². The highest BCUT2D eigenvalue weighted by atomic mass is 16.2. The Kier molecular flexibility index (Phi) is 8.36. The Morgan fingerprint density at radius 3 is 2.38 bits per heavy atom. The SMILES string of the molecule is CCCCNC(=NC)NCCN1CCN(C(=O)C2CCCC2)CC1. The number of hydrogen-bond donors (Lipinski definition) is 2. The smallest absolute Gasteiger partial charge is 0.225 e. The number of guanidine groups is 1. The summed E-state index contributed by atoms with van der Waals surface area (Å²) in [6, 6.07) is 0. The van der Waals surface area contributed by atoms with Crippen LogP contribution in [0.3, 0.4) is 0 Å². The predicted octanol–water partition coefficient (Wildman–Crippen LogP) is 1.29. The minimum absolute atomic E-state index is 0.315. The first kappa shape index (κ1) is 19.0. The summed E-state index contributed by atoms with van der Waals surface area (Å²) in [6.07, 6.45) is 7.02. The molecule has 0 aromatic heterocycles. The Balaban J connectivity index is 1.60. The fraction of sp³-hybridized carbons (Fsp3) is 0.889. The van der Waals surface area contributed by atoms with Crippen LogP contribution in [0, 0.1) is 5.92 Å². The van der Waals surface area contributed by atoms with Gasteiger partial charge in [0.15, 0.2) is 5.96 Å². The van der Waals surface area contributed by atoms with E-state index in [1.807, 2.05) is 7.05 Å². The van der Waals surface area contributed by atoms with Crippen molar-refractivity contribution in [1.29, 1.82) is 0 Å². The third-order valence-electron chi connectivity index (χ3n) is 5.16. The standard InChI is InChI=1S/C18H35N5O/c1-3-4-9-20-18(19-2)21-10-11-22-12-14-23(15-13-22)17(24)16-7-5-6-8-16/h16H,3-15H2,1-2H3,(H2,19,20,21). The van der Waals surface area contributed by atoms with Gasteiger partial charge >= 0.3 is 0 Å². The summed E-state index contributed by atoms with van der Waals surface area (Å²) in [5.74, 6) is 1.61. The van der Waals surface area contributed by atoms with Crippen LogP contribution in [0.1, 0.15) is 45.4 Å². The molecular weight excluding hydrogens is 302 g/mol. The normalized spacial score (nSPS) is 20.4. The van der Waals surface area contributed by atoms with E-state index in [4.69, 9.17) is 0 Å². The molecule has 2 N–H and O–H groups in total. The molecule has 0 unspecified atom stereocenters. The number of carbonyl (C=O) groups excluding carboxylic acids is 1. The number of aliphatic imine (C=N–C) groups is 1. The first-order valence-corrected chi connectivity index (χ1v) is 9.70. The van der Waals surface area contributed by atoms with E-state index >= 15 is 0 Å². The molecule has 0 aromatic carbocycles. The zero-order chi connectivity index (χ0) is 17.2. The number of rotatable bonds is 7. The highest BCUT2D eigenvalue weighted by molar-refractivity contribution is 5.79. The molecule has 1 saturated heterocycles. The van der Waals surface area contributed by atoms with Gasteiger partial charge in [0, 0.05) is 58.8 Å². The lowest BCUT2D eigenvalue weighted by Gasteiger charge is -2.36. The molecule has 6 nitrogen and oxygen atoms in total. The molecule has 2 aliphatic rings. The van der Waals surface area contributed by atoms with Crippen LogP contribution >= 0.6 is 0 Å². The third kappa shape index (κ3) is 5.96. The number of nitrogens with zero attached hydrogens (tertiary/aromatic N) is 3. The van der Waals surface area contributed by atoms with Gasteiger partial charge in [-0.3, -0.25) is 14.7 Å². The van der Waals surface area contributed by atoms with Gasteiger partial charge in [0.2, 0.25) is 5.91 Å². The summed E-state index contributed by atoms with van der Waals surface area (Å²) in [5, 5.41) is 6.70. The molecule has 1 aliphatic carbocycles. The van der Waals surface area contributed by atoms with Gasteiger partial charge in [0.1, 0.15) is 0 Å². The van der Waals surface area contributed by atoms with Crippen molar-refractivity contribution in [2.45, 2.75) is 45.4 Å². The minimum Gasteiger partial charge on any atom is -0.356 e. The second kappa shape index (κ2) is 10.5. The van der Waals surface area contributed by atoms with Crippen molar-refractivity contribution in [2.75, 3.05) is 52.9 Å². The van der Waals surface area contributed by atoms with Crippen LogP contribution in [0.4, 0.5) is 0 Å². The van der Waals surface area contributed by atoms with Crippen molar-refractivity contribution in [3.63, 3.8) is 0 Å². The van der Waals surface area contributed by atoms with Crippen LogP contribution in [0.25, 0.3) is 0 Å². The lowest BCUT2D eigenvalue weighted by molar-refractivity contribution is -0.137. The van der Waals surface area contributed by atoms with Gasteiger partial charge in [-0.1, -0.05) is 26.2 Å². The molecular formula is C18H35N5O. The number of amides is 1. The van der Waals surface area contributed by atoms with Gasteiger partial charge < -0.3 is 15.5 Å². The molecule has 1 saturated carbocycles. The van der Waals surface area contributed by atoms with Gasteiger partial charge in [0.25, 0.3) is 0 Å². The molecule has 0 aromatic rings. The molecule has 0 bridgehead atoms. The summed E-state index contributed by atoms with van der Waals surface area (Å²) in [5.41, 5.74) is 0. The predicted molar refractivity (Wildman–Crippen MR) is 99.3 cm³/mol. The lowest BCUT2D eigenvalue weighted by Crippen LogP contribution is -2.51. The second-order valence-corrected chi connectivity index (χ2v) is 6.93. The number of carbonyl (C=O) groups is 1. The van der Waals surface area contributed by atoms with Crippen LogP contribution in [0.15, 0.2) is 4.99 Å². The van der Waals surface area contributed by atoms with Crippen molar-refractivity contribution in [3.05, 3.63) is 0 Å². The number of piperazine rings is 1. The fourth-order valence-electron chi connectivity index (χ4n) is 3.56. The fourth-order valence-corrected chi connectivity index (χ4v) is 3.56. The number of nitrogens with one attached hydrogen (secondary N) is 2. The Bertz CT molecular complexity index is 398. The zero-order valence-corrected chi connectivity index (χ0v) is 15.5. The van der Waals surface area contributed by atoms with Crippen molar-refractivity contribution < 1.29 is 4.79 Å². The van der Waals surface area contributed by atoms with Crippen molar-refractivity contribution in [2.24, 2.45) is 10.9 Å². The van der Waals surface area contributed by atoms with E-state index < -0.39 is 0 Å². The van der Waals surface area contributed by atoms with Gasteiger partial charge in [-0.15, -0.1) is 0 Å². The van der Waals surface area contributed by atoms with Crippen molar-refractivity contribution >= 4 is 11.9 Å². The molecule has 24 heavy (non-hydrogen) atoms. The largest absolute Gasteiger partial charge is 0.356 e. The Hall–Kier alpha value is -1.30. The number of hydrogen-bond acceptors (Lipinski definition) is 3. The van der Waals surface area contributed by atoms with Crippen LogP contribution in [0.5, 0.6) is 0 Å². The van der Waals surface area contributed by atoms with Gasteiger partial charge in [0.05, 0.1) is 0 Å². The number of unbranched alkanes of at least 4 members (excludes halogenated alkanes) is 1. The topological polar surface area (TPSA) is 60.0 Å². The van der Waals surface area contributed by atoms with Gasteiger partial charge in [-0.2, -0.15) is 0 Å². The van der Waals surface area contributed by atoms with Crippen molar-refractivity contribution in [1.82, 2.24) is 20.4 Å². The molecule has 6 heteroatoms. The van der Waals surface area contributed by atoms with Crippen LogP contribution in [-0.4, -0.2) is 74.5 Å². The molecule has 2 fully saturated rings. The van der Waals surface area contributed by atoms with Crippen LogP contribution in [-0.2, 0) is 4.79 Å². The lowest BCUT2D eigenvalue weighted by atomic mass is 10.1. The van der Waals surface area contributed by atoms with Crippen LogP contribution < -0.4 is 10.6 Å². The zero-order valence-electron chi connectivity index (χ0n) is 15.5. The van der Waals surface area contributed by atoms with Crippen molar-refractivity contribution in [3.8, 4) is 0 Å². The van der Waals surface area contributed by atoms with E-state index in [-0.39, 0.29) is 0 Å². The first-order chi connectivity index (χ1) is 11.7. The molecule has 0 spiro atoms. The Morgan fingerprint density at radius 2 is 1.75 bits per heavy atom. The van der Waals surface area contributed by atoms with E-state index in [9.17, 15) is 4.79 Å². The molecule has 1 aliphatic heterocycles. The summed E-state index contributed by atoms with van der Waals surface area (Å²) >= 11 is 0. The summed E-state index contributed by atoms with van der Waals surface area (Å²) < 4.78 is 0. The monoisotopic (exact) mass is 337 g/mol. The summed E-state index contributed by atoms with van der Waals surface area (Å²) in [7, 11) is 1.81. The highest BCUT2D eigenvalue weighted by Gasteiger charge is 2.29. The van der Waals surface area contributed by atoms with E-state index in [1.54, 1.807) is 0 Å². The van der Waals surface area contributed by atoms with Crippen LogP contribution in [0.2, 0.25) is 0 Å². The molecule has 0 radical (unpaired) electrons. The molecule has 2 rings (SSSR count). The summed E-state index contributed by atoms with van der Waals surface area (Å²) in [4.78, 5) is 21.2. The first-order valence-electron chi connectivity index (χ1n) is 9.70. The quantitative estimate of drug-likeness (QED) is 0.417. The summed E-state index contributed by atoms with van der Waals surface area (Å²) in [6.45, 7) is 8.80. The average Bonchev–Trinajstić information content (AvgIpc) is 3.15. The Labute approximate surface area is 147 Å². The third-order valence-corrected chi connectivity index (χ3v) is 5.16. The molecule has 1 amide bonds. The maximum atomic E-state index is 12.4. The molecule has 138 valence electrons. The highest BCUT2D eigenvalue weighted by Crippen LogP contribution is 2.26. The maximum absolute atomic E-state index is 12.4. The van der Waals surface area contributed by atoms with E-state index in [0.29, 0.717) is 11.8 Å². The average molecular weight is 338 g/mol. The molecule has 1 heterocycles. The second-order valence-electron chi connectivity index (χ2n) is 6.93. The minimum atomic E-state index is 0.315. The van der Waals surface area contributed by atoms with Gasteiger partial charge in [-0.25, -0.2) is 0 Å². The van der Waals surface area contributed by atoms with E-state index in [2.05, 4.69) is 32.3 Å². The Morgan fingerprint density at radius 1 is 1.08 bits per heavy atom.